The lowest BCUT2D eigenvalue weighted by Gasteiger charge is -2.10. The molecule has 3 heterocycles. The molecular formula is C65H88Cl5F8N7O8. The van der Waals surface area contributed by atoms with Crippen LogP contribution in [0.1, 0.15) is 166 Å². The van der Waals surface area contributed by atoms with Gasteiger partial charge in [0.1, 0.15) is 5.52 Å². The third kappa shape index (κ3) is 32.0. The van der Waals surface area contributed by atoms with E-state index in [0.29, 0.717) is 59.2 Å². The number of halogens is 13. The summed E-state index contributed by atoms with van der Waals surface area (Å²) in [7, 11) is 0. The van der Waals surface area contributed by atoms with Crippen LogP contribution in [-0.2, 0) is 46.6 Å². The van der Waals surface area contributed by atoms with Crippen molar-refractivity contribution in [1.29, 1.82) is 0 Å². The maximum absolute atomic E-state index is 12.7. The minimum atomic E-state index is -3.95. The lowest BCUT2D eigenvalue weighted by atomic mass is 10.1. The number of alkyl halides is 3. The molecule has 2 aliphatic rings. The number of amides is 3. The molecule has 0 N–H and O–H groups in total. The number of benzene rings is 5. The van der Waals surface area contributed by atoms with Crippen LogP contribution in [0.25, 0.3) is 10.9 Å². The zero-order valence-corrected chi connectivity index (χ0v) is 55.7. The van der Waals surface area contributed by atoms with E-state index in [9.17, 15) is 74.5 Å². The Morgan fingerprint density at radius 1 is 0.548 bits per heavy atom. The summed E-state index contributed by atoms with van der Waals surface area (Å²) >= 11 is 29.3. The number of non-ortho nitro benzene ring substituents is 2. The highest BCUT2D eigenvalue weighted by Gasteiger charge is 2.27. The molecule has 5 aromatic carbocycles. The third-order valence-corrected chi connectivity index (χ3v) is 15.1. The van der Waals surface area contributed by atoms with Gasteiger partial charge in [-0.3, -0.25) is 44.3 Å². The lowest BCUT2D eigenvalue weighted by Crippen LogP contribution is -2.28. The van der Waals surface area contributed by atoms with Crippen LogP contribution in [0.3, 0.4) is 0 Å². The highest BCUT2D eigenvalue weighted by atomic mass is 35.5. The topological polar surface area (TPSA) is 192 Å². The molecule has 1 aromatic heterocycles. The van der Waals surface area contributed by atoms with Crippen molar-refractivity contribution < 1.29 is 59.4 Å². The van der Waals surface area contributed by atoms with Gasteiger partial charge in [-0.05, 0) is 94.0 Å². The number of nitro benzene ring substituents is 2. The molecule has 6 aromatic rings. The van der Waals surface area contributed by atoms with Gasteiger partial charge >= 0.3 is 6.18 Å². The number of hydrogen-bond acceptors (Lipinski definition) is 10. The smallest absolute Gasteiger partial charge is 0.343 e. The van der Waals surface area contributed by atoms with E-state index >= 15 is 0 Å². The normalized spacial score (nSPS) is 11.7. The lowest BCUT2D eigenvalue weighted by molar-refractivity contribution is -0.385. The Morgan fingerprint density at radius 2 is 1.01 bits per heavy atom. The van der Waals surface area contributed by atoms with Crippen LogP contribution >= 0.6 is 58.0 Å². The van der Waals surface area contributed by atoms with Crippen LogP contribution in [0.15, 0.2) is 77.6 Å². The molecule has 0 saturated carbocycles. The average molecular weight is 1420 g/mol. The van der Waals surface area contributed by atoms with Crippen molar-refractivity contribution in [2.24, 2.45) is 5.92 Å². The van der Waals surface area contributed by atoms with E-state index in [2.05, 4.69) is 31.1 Å². The second-order valence-corrected chi connectivity index (χ2v) is 21.3. The fourth-order valence-corrected chi connectivity index (χ4v) is 8.64. The second-order valence-electron chi connectivity index (χ2n) is 19.4. The molecule has 2 fully saturated rings. The predicted molar refractivity (Wildman–Crippen MR) is 360 cm³/mol. The van der Waals surface area contributed by atoms with Crippen molar-refractivity contribution in [3.8, 4) is 0 Å². The van der Waals surface area contributed by atoms with Crippen LogP contribution < -0.4 is 5.56 Å². The van der Waals surface area contributed by atoms with Crippen molar-refractivity contribution in [3.63, 3.8) is 0 Å². The predicted octanol–water partition coefficient (Wildman–Crippen LogP) is 20.7. The monoisotopic (exact) mass is 1420 g/mol. The maximum atomic E-state index is 12.7. The van der Waals surface area contributed by atoms with Gasteiger partial charge in [0.25, 0.3) is 16.9 Å². The molecule has 28 heteroatoms. The Kier molecular flexibility index (Phi) is 48.1. The number of imide groups is 1. The molecule has 93 heavy (non-hydrogen) atoms. The molecule has 15 nitrogen and oxygen atoms in total. The van der Waals surface area contributed by atoms with Crippen LogP contribution in [0.2, 0.25) is 25.1 Å². The van der Waals surface area contributed by atoms with E-state index in [1.165, 1.54) is 48.0 Å². The minimum Gasteiger partial charge on any atom is -0.343 e. The van der Waals surface area contributed by atoms with Crippen LogP contribution in [0, 0.1) is 55.2 Å². The number of likely N-dealkylation sites (tertiary alicyclic amines) is 2. The summed E-state index contributed by atoms with van der Waals surface area (Å²) < 4.78 is 97.1. The van der Waals surface area contributed by atoms with Gasteiger partial charge in [0.2, 0.25) is 23.5 Å². The number of carbonyl (C=O) groups excluding carboxylic acids is 3. The molecule has 3 amide bonds. The van der Waals surface area contributed by atoms with E-state index in [0.717, 1.165) is 61.4 Å². The molecule has 0 atom stereocenters. The Balaban J connectivity index is -0.000000483. The van der Waals surface area contributed by atoms with Crippen molar-refractivity contribution in [3.05, 3.63) is 180 Å². The number of nitrogens with zero attached hydrogens (tertiary/aromatic N) is 7. The van der Waals surface area contributed by atoms with Crippen molar-refractivity contribution >= 4 is 98.0 Å². The van der Waals surface area contributed by atoms with Gasteiger partial charge in [-0.2, -0.15) is 13.2 Å². The quantitative estimate of drug-likeness (QED) is 0.0301. The molecule has 0 radical (unpaired) electrons. The van der Waals surface area contributed by atoms with Crippen molar-refractivity contribution in [2.75, 3.05) is 19.6 Å². The molecular weight excluding hydrogens is 1340 g/mol. The highest BCUT2D eigenvalue weighted by molar-refractivity contribution is 6.55. The number of carbonyl (C=O) groups is 3. The molecule has 0 spiro atoms. The Labute approximate surface area is 566 Å². The van der Waals surface area contributed by atoms with Gasteiger partial charge in [0.05, 0.1) is 40.3 Å². The summed E-state index contributed by atoms with van der Waals surface area (Å²) in [5, 5.41) is 30.3. The van der Waals surface area contributed by atoms with Crippen LogP contribution in [0.5, 0.6) is 0 Å². The van der Waals surface area contributed by atoms with Crippen molar-refractivity contribution in [1.82, 2.24) is 24.8 Å². The molecule has 522 valence electrons. The largest absolute Gasteiger partial charge is 0.389 e. The molecule has 2 aliphatic heterocycles. The van der Waals surface area contributed by atoms with Crippen LogP contribution in [-0.4, -0.2) is 78.2 Å². The van der Waals surface area contributed by atoms with Crippen molar-refractivity contribution in [2.45, 2.75) is 182 Å². The van der Waals surface area contributed by atoms with Gasteiger partial charge < -0.3 is 4.90 Å². The molecule has 2 saturated heterocycles. The summed E-state index contributed by atoms with van der Waals surface area (Å²) in [5.41, 5.74) is 2.96. The zero-order chi connectivity index (χ0) is 69.2. The van der Waals surface area contributed by atoms with Gasteiger partial charge in [-0.1, -0.05) is 184 Å². The summed E-state index contributed by atoms with van der Waals surface area (Å²) in [6.45, 7) is 24.0. The molecule has 0 unspecified atom stereocenters. The highest BCUT2D eigenvalue weighted by Crippen LogP contribution is 2.44. The van der Waals surface area contributed by atoms with E-state index in [1.54, 1.807) is 43.3 Å². The first-order valence-corrected chi connectivity index (χ1v) is 30.6. The average Bonchev–Trinajstić information content (AvgIpc) is 1.55. The summed E-state index contributed by atoms with van der Waals surface area (Å²) in [5.74, 6) is -8.25. The number of hydrogen-bond donors (Lipinski definition) is 0. The number of nitro groups is 2. The second kappa shape index (κ2) is 48.2. The number of rotatable bonds is 11. The SMILES string of the molecule is C.C.C.CCC(C)C.CCCC(F)(F)F.CCN1C(=O)CCC1=O.CCN1CCCC1=O.CCc1c(Cl)c(Cl)c(Cl)c(Cl)c1Cl.CCc1c(F)c(F)c(F)c(F)c1F.CCc1ccc([N+](=O)[O-])cc1.CCc1cccc([N+](=O)[O-])c1.CCn1nnc2ccccc2c1=O. The molecule has 0 bridgehead atoms. The number of fused-ring (bicyclic) bond motifs is 1. The first-order valence-electron chi connectivity index (χ1n) is 28.7. The van der Waals surface area contributed by atoms with Gasteiger partial charge in [-0.25, -0.2) is 26.6 Å². The van der Waals surface area contributed by atoms with Crippen LogP contribution in [0.4, 0.5) is 46.5 Å². The summed E-state index contributed by atoms with van der Waals surface area (Å²) in [6, 6.07) is 20.5. The van der Waals surface area contributed by atoms with E-state index in [4.69, 9.17) is 58.0 Å². The minimum absolute atomic E-state index is 0. The third-order valence-electron chi connectivity index (χ3n) is 12.7. The van der Waals surface area contributed by atoms with E-state index in [-0.39, 0.29) is 88.8 Å². The van der Waals surface area contributed by atoms with E-state index in [1.807, 2.05) is 57.7 Å². The zero-order valence-electron chi connectivity index (χ0n) is 51.9. The van der Waals surface area contributed by atoms with E-state index < -0.39 is 47.2 Å². The van der Waals surface area contributed by atoms with Gasteiger partial charge in [0, 0.05) is 81.7 Å². The summed E-state index contributed by atoms with van der Waals surface area (Å²) in [4.78, 5) is 66.7. The maximum Gasteiger partial charge on any atom is 0.389 e. The Hall–Kier alpha value is -6.53. The standard InChI is InChI=1S/C9H9N3O.C8H5Cl5.C8H5F5.2C8H9NO2.C6H9NO2.C6H11NO.C5H12.C4H7F3.3CH4/c1-2-12-9(13)7-5-3-4-6-8(7)10-11-12;2*1-2-3-4(9)6(11)8(13)7(12)5(3)10;1-2-7-3-5-8(6-4-7)9(10)11;1-2-7-4-3-5-8(6-7)9(10)11;1-2-7-5(8)3-4-6(7)9;1-2-7-5-3-4-6(7)8;1-4-5(2)3;1-2-3-4(5,6)7;;;/h3-6H,2H2,1H3;2*2H2,1H3;2*3-6H,2H2,1H3;2-4H2,1H3;2-5H2,1H3;5H,4H2,1-3H3;2-3H2,1H3;3*1H4. The molecule has 0 aliphatic carbocycles. The number of aryl methyl sites for hydroxylation is 3. The fraction of sp³-hybridized carbons (Fsp3) is 0.477. The first kappa shape index (κ1) is 92.9. The summed E-state index contributed by atoms with van der Waals surface area (Å²) in [6.07, 6.45) is 1.70. The first-order chi connectivity index (χ1) is 42.2. The fourth-order valence-electron chi connectivity index (χ4n) is 7.19. The Bertz CT molecular complexity index is 3190. The van der Waals surface area contributed by atoms with Gasteiger partial charge in [0.15, 0.2) is 23.3 Å². The molecule has 8 rings (SSSR count). The van der Waals surface area contributed by atoms with Gasteiger partial charge in [-0.15, -0.1) is 5.10 Å². The number of aromatic nitrogens is 3. The Morgan fingerprint density at radius 3 is 1.35 bits per heavy atom.